The van der Waals surface area contributed by atoms with Crippen LogP contribution in [-0.4, -0.2) is 48.9 Å². The normalized spacial score (nSPS) is 20.7. The Morgan fingerprint density at radius 2 is 2.08 bits per heavy atom. The molecule has 6 nitrogen and oxygen atoms in total. The van der Waals surface area contributed by atoms with Crippen LogP contribution < -0.4 is 0 Å². The van der Waals surface area contributed by atoms with Gasteiger partial charge in [0.2, 0.25) is 11.1 Å². The van der Waals surface area contributed by atoms with Crippen molar-refractivity contribution in [3.8, 4) is 5.69 Å². The van der Waals surface area contributed by atoms with E-state index in [9.17, 15) is 9.18 Å². The molecule has 1 aliphatic heterocycles. The van der Waals surface area contributed by atoms with Crippen LogP contribution >= 0.6 is 23.4 Å². The fraction of sp³-hybridized carbons (Fsp3) is 0.500. The van der Waals surface area contributed by atoms with E-state index < -0.39 is 5.82 Å². The van der Waals surface area contributed by atoms with Crippen molar-refractivity contribution in [3.63, 3.8) is 0 Å². The summed E-state index contributed by atoms with van der Waals surface area (Å²) in [6.07, 6.45) is 3.22. The van der Waals surface area contributed by atoms with Crippen LogP contribution in [0.2, 0.25) is 5.02 Å². The largest absolute Gasteiger partial charge is 0.337 e. The lowest BCUT2D eigenvalue weighted by Gasteiger charge is -2.39. The van der Waals surface area contributed by atoms with Gasteiger partial charge < -0.3 is 4.90 Å². The fourth-order valence-corrected chi connectivity index (χ4v) is 4.10. The average molecular weight is 384 g/mol. The summed E-state index contributed by atoms with van der Waals surface area (Å²) in [4.78, 5) is 14.6. The van der Waals surface area contributed by atoms with Crippen molar-refractivity contribution in [2.24, 2.45) is 0 Å². The molecule has 1 fully saturated rings. The van der Waals surface area contributed by atoms with Gasteiger partial charge in [0.25, 0.3) is 0 Å². The number of carbonyl (C=O) groups excluding carboxylic acids is 1. The van der Waals surface area contributed by atoms with Crippen LogP contribution in [0.5, 0.6) is 0 Å². The summed E-state index contributed by atoms with van der Waals surface area (Å²) in [7, 11) is 0. The van der Waals surface area contributed by atoms with E-state index in [1.807, 2.05) is 4.90 Å². The standard InChI is InChI=1S/C16H19ClFN5OS/c1-10-4-3-5-11(2)22(10)15(24)9-25-16-19-20-21-23(16)12-6-7-14(18)13(17)8-12/h6-8,10-11H,3-5,9H2,1-2H3/t10-,11+. The Labute approximate surface area is 154 Å². The van der Waals surface area contributed by atoms with Gasteiger partial charge in [-0.05, 0) is 61.7 Å². The number of nitrogens with zero attached hydrogens (tertiary/aromatic N) is 5. The number of halogens is 2. The number of hydrogen-bond acceptors (Lipinski definition) is 5. The van der Waals surface area contributed by atoms with Crippen molar-refractivity contribution < 1.29 is 9.18 Å². The van der Waals surface area contributed by atoms with Crippen LogP contribution in [0.1, 0.15) is 33.1 Å². The topological polar surface area (TPSA) is 63.9 Å². The van der Waals surface area contributed by atoms with Gasteiger partial charge >= 0.3 is 0 Å². The van der Waals surface area contributed by atoms with Crippen LogP contribution in [0.25, 0.3) is 5.69 Å². The number of likely N-dealkylation sites (tertiary alicyclic amines) is 1. The number of piperidine rings is 1. The third kappa shape index (κ3) is 3.95. The Bertz CT molecular complexity index is 761. The second-order valence-corrected chi connectivity index (χ2v) is 7.54. The molecule has 134 valence electrons. The van der Waals surface area contributed by atoms with Gasteiger partial charge in [0.05, 0.1) is 16.5 Å². The molecule has 1 aromatic heterocycles. The number of hydrogen-bond donors (Lipinski definition) is 0. The van der Waals surface area contributed by atoms with Crippen molar-refractivity contribution in [1.29, 1.82) is 0 Å². The Hall–Kier alpha value is -1.67. The van der Waals surface area contributed by atoms with E-state index in [-0.39, 0.29) is 28.8 Å². The van der Waals surface area contributed by atoms with Gasteiger partial charge in [0.1, 0.15) is 5.82 Å². The molecule has 1 aliphatic rings. The summed E-state index contributed by atoms with van der Waals surface area (Å²) in [6, 6.07) is 4.76. The maximum absolute atomic E-state index is 13.3. The number of tetrazole rings is 1. The van der Waals surface area contributed by atoms with Crippen molar-refractivity contribution in [1.82, 2.24) is 25.1 Å². The van der Waals surface area contributed by atoms with E-state index in [4.69, 9.17) is 11.6 Å². The SMILES string of the molecule is C[C@@H]1CCC[C@H](C)N1C(=O)CSc1nnnn1-c1ccc(F)c(Cl)c1. The first-order valence-electron chi connectivity index (χ1n) is 8.15. The van der Waals surface area contributed by atoms with Crippen molar-refractivity contribution in [3.05, 3.63) is 29.0 Å². The third-order valence-corrected chi connectivity index (χ3v) is 5.59. The quantitative estimate of drug-likeness (QED) is 0.757. The molecular weight excluding hydrogens is 365 g/mol. The van der Waals surface area contributed by atoms with E-state index >= 15 is 0 Å². The summed E-state index contributed by atoms with van der Waals surface area (Å²) in [6.45, 7) is 4.17. The summed E-state index contributed by atoms with van der Waals surface area (Å²) < 4.78 is 14.8. The Morgan fingerprint density at radius 3 is 2.76 bits per heavy atom. The van der Waals surface area contributed by atoms with E-state index in [0.717, 1.165) is 19.3 Å². The molecule has 0 saturated carbocycles. The smallest absolute Gasteiger partial charge is 0.233 e. The second kappa shape index (κ2) is 7.70. The molecule has 0 N–H and O–H groups in total. The first kappa shape index (κ1) is 18.1. The maximum Gasteiger partial charge on any atom is 0.233 e. The molecule has 1 saturated heterocycles. The first-order valence-corrected chi connectivity index (χ1v) is 9.51. The van der Waals surface area contributed by atoms with Gasteiger partial charge in [-0.25, -0.2) is 4.39 Å². The molecule has 1 amide bonds. The molecule has 2 heterocycles. The predicted molar refractivity (Wildman–Crippen MR) is 94.5 cm³/mol. The fourth-order valence-electron chi connectivity index (χ4n) is 3.16. The van der Waals surface area contributed by atoms with Crippen LogP contribution in [-0.2, 0) is 4.79 Å². The molecule has 25 heavy (non-hydrogen) atoms. The lowest BCUT2D eigenvalue weighted by Crippen LogP contribution is -2.48. The van der Waals surface area contributed by atoms with Crippen molar-refractivity contribution in [2.45, 2.75) is 50.4 Å². The number of aromatic nitrogens is 4. The summed E-state index contributed by atoms with van der Waals surface area (Å²) in [5.74, 6) is -0.170. The number of benzene rings is 1. The molecule has 3 rings (SSSR count). The van der Waals surface area contributed by atoms with Gasteiger partial charge in [-0.1, -0.05) is 23.4 Å². The van der Waals surface area contributed by atoms with Gasteiger partial charge in [0.15, 0.2) is 0 Å². The predicted octanol–water partition coefficient (Wildman–Crippen LogP) is 3.34. The molecule has 2 aromatic rings. The molecule has 2 atom stereocenters. The molecule has 0 aliphatic carbocycles. The van der Waals surface area contributed by atoms with Gasteiger partial charge in [-0.2, -0.15) is 4.68 Å². The minimum Gasteiger partial charge on any atom is -0.337 e. The first-order chi connectivity index (χ1) is 12.0. The van der Waals surface area contributed by atoms with Crippen molar-refractivity contribution in [2.75, 3.05) is 5.75 Å². The van der Waals surface area contributed by atoms with E-state index in [1.54, 1.807) is 0 Å². The highest BCUT2D eigenvalue weighted by Crippen LogP contribution is 2.26. The third-order valence-electron chi connectivity index (χ3n) is 4.39. The number of amides is 1. The average Bonchev–Trinajstić information content (AvgIpc) is 3.04. The van der Waals surface area contributed by atoms with E-state index in [2.05, 4.69) is 29.4 Å². The molecule has 1 aromatic carbocycles. The van der Waals surface area contributed by atoms with Gasteiger partial charge in [-0.3, -0.25) is 4.79 Å². The Balaban J connectivity index is 1.71. The number of carbonyl (C=O) groups is 1. The molecule has 9 heteroatoms. The Morgan fingerprint density at radius 1 is 1.36 bits per heavy atom. The molecular formula is C16H19ClFN5OS. The highest BCUT2D eigenvalue weighted by molar-refractivity contribution is 7.99. The summed E-state index contributed by atoms with van der Waals surface area (Å²) in [5, 5.41) is 12.0. The highest BCUT2D eigenvalue weighted by atomic mass is 35.5. The lowest BCUT2D eigenvalue weighted by molar-refractivity contribution is -0.134. The zero-order chi connectivity index (χ0) is 18.0. The number of thioether (sulfide) groups is 1. The molecule has 0 bridgehead atoms. The van der Waals surface area contributed by atoms with Crippen LogP contribution in [0.3, 0.4) is 0 Å². The maximum atomic E-state index is 13.3. The molecule has 0 unspecified atom stereocenters. The van der Waals surface area contributed by atoms with Crippen LogP contribution in [0, 0.1) is 5.82 Å². The van der Waals surface area contributed by atoms with Crippen LogP contribution in [0.15, 0.2) is 23.4 Å². The highest BCUT2D eigenvalue weighted by Gasteiger charge is 2.29. The number of rotatable bonds is 4. The van der Waals surface area contributed by atoms with Gasteiger partial charge in [0, 0.05) is 12.1 Å². The minimum absolute atomic E-state index is 0.00371. The lowest BCUT2D eigenvalue weighted by atomic mass is 9.98. The van der Waals surface area contributed by atoms with Crippen LogP contribution in [0.4, 0.5) is 4.39 Å². The molecule has 0 radical (unpaired) electrons. The second-order valence-electron chi connectivity index (χ2n) is 6.19. The van der Waals surface area contributed by atoms with E-state index in [1.165, 1.54) is 34.6 Å². The monoisotopic (exact) mass is 383 g/mol. The van der Waals surface area contributed by atoms with Gasteiger partial charge in [-0.15, -0.1) is 5.10 Å². The zero-order valence-corrected chi connectivity index (χ0v) is 15.6. The Kier molecular flexibility index (Phi) is 5.58. The summed E-state index contributed by atoms with van der Waals surface area (Å²) >= 11 is 7.08. The zero-order valence-electron chi connectivity index (χ0n) is 14.0. The summed E-state index contributed by atoms with van der Waals surface area (Å²) in [5.41, 5.74) is 0.547. The van der Waals surface area contributed by atoms with Crippen molar-refractivity contribution >= 4 is 29.3 Å². The van der Waals surface area contributed by atoms with E-state index in [0.29, 0.717) is 10.8 Å². The molecule has 0 spiro atoms. The minimum atomic E-state index is -0.504.